The number of para-hydroxylation sites is 1. The van der Waals surface area contributed by atoms with Gasteiger partial charge in [-0.2, -0.15) is 0 Å². The zero-order valence-corrected chi connectivity index (χ0v) is 20.2. The van der Waals surface area contributed by atoms with E-state index >= 15 is 0 Å². The Kier molecular flexibility index (Phi) is 4.13. The number of hydrogen-bond acceptors (Lipinski definition) is 3. The van der Waals surface area contributed by atoms with Gasteiger partial charge in [0.2, 0.25) is 0 Å². The van der Waals surface area contributed by atoms with Gasteiger partial charge in [-0.3, -0.25) is 4.98 Å². The minimum Gasteiger partial charge on any atom is -0.309 e. The third kappa shape index (κ3) is 2.69. The van der Waals surface area contributed by atoms with Crippen molar-refractivity contribution in [3.63, 3.8) is 0 Å². The largest absolute Gasteiger partial charge is 0.309 e. The summed E-state index contributed by atoms with van der Waals surface area (Å²) in [5.74, 6) is 0. The Morgan fingerprint density at radius 1 is 0.528 bits per heavy atom. The van der Waals surface area contributed by atoms with Gasteiger partial charge in [-0.25, -0.2) is 0 Å². The molecule has 0 bridgehead atoms. The van der Waals surface area contributed by atoms with Gasteiger partial charge < -0.3 is 4.90 Å². The Bertz CT molecular complexity index is 1940. The van der Waals surface area contributed by atoms with E-state index in [1.54, 1.807) is 0 Å². The second-order valence-corrected chi connectivity index (χ2v) is 10.3. The highest BCUT2D eigenvalue weighted by Gasteiger charge is 2.29. The summed E-state index contributed by atoms with van der Waals surface area (Å²) in [5, 5.41) is 5.14. The maximum Gasteiger partial charge on any atom is 0.0708 e. The molecule has 0 saturated heterocycles. The summed E-state index contributed by atoms with van der Waals surface area (Å²) in [4.78, 5) is 7.15. The second kappa shape index (κ2) is 7.51. The number of hydrogen-bond donors (Lipinski definition) is 0. The molecular formula is C33H20N2S. The van der Waals surface area contributed by atoms with Crippen LogP contribution in [0.1, 0.15) is 0 Å². The molecule has 3 heteroatoms. The molecule has 0 saturated carbocycles. The zero-order chi connectivity index (χ0) is 23.6. The van der Waals surface area contributed by atoms with Crippen LogP contribution in [0.25, 0.3) is 53.3 Å². The Morgan fingerprint density at radius 3 is 2.19 bits per heavy atom. The summed E-state index contributed by atoms with van der Waals surface area (Å²) in [7, 11) is 0. The van der Waals surface area contributed by atoms with Gasteiger partial charge in [0, 0.05) is 48.6 Å². The van der Waals surface area contributed by atoms with Crippen molar-refractivity contribution in [3.8, 4) is 22.4 Å². The molecule has 2 aromatic heterocycles. The van der Waals surface area contributed by atoms with Crippen molar-refractivity contribution in [1.29, 1.82) is 0 Å². The normalized spacial score (nSPS) is 12.4. The van der Waals surface area contributed by atoms with Crippen molar-refractivity contribution in [3.05, 3.63) is 121 Å². The molecule has 3 heterocycles. The van der Waals surface area contributed by atoms with E-state index in [-0.39, 0.29) is 0 Å². The highest BCUT2D eigenvalue weighted by molar-refractivity contribution is 7.26. The van der Waals surface area contributed by atoms with Gasteiger partial charge >= 0.3 is 0 Å². The molecule has 0 aliphatic carbocycles. The van der Waals surface area contributed by atoms with E-state index in [1.807, 2.05) is 23.6 Å². The first-order chi connectivity index (χ1) is 17.9. The molecular weight excluding hydrogens is 456 g/mol. The minimum absolute atomic E-state index is 0.998. The summed E-state index contributed by atoms with van der Waals surface area (Å²) < 4.78 is 2.64. The number of nitrogens with zero attached hydrogens (tertiary/aromatic N) is 2. The molecule has 0 radical (unpaired) electrons. The lowest BCUT2D eigenvalue weighted by molar-refractivity contribution is 1.30. The Hall–Kier alpha value is -4.47. The highest BCUT2D eigenvalue weighted by Crippen LogP contribution is 2.56. The van der Waals surface area contributed by atoms with Gasteiger partial charge in [0.25, 0.3) is 0 Å². The van der Waals surface area contributed by atoms with Crippen molar-refractivity contribution in [2.45, 2.75) is 0 Å². The Labute approximate surface area is 212 Å². The average molecular weight is 477 g/mol. The quantitative estimate of drug-likeness (QED) is 0.247. The number of aromatic nitrogens is 1. The maximum atomic E-state index is 4.68. The summed E-state index contributed by atoms with van der Waals surface area (Å²) in [6.45, 7) is 0. The molecule has 7 aromatic rings. The van der Waals surface area contributed by atoms with E-state index < -0.39 is 0 Å². The molecule has 8 rings (SSSR count). The van der Waals surface area contributed by atoms with Crippen LogP contribution in [0, 0.1) is 0 Å². The smallest absolute Gasteiger partial charge is 0.0708 e. The first kappa shape index (κ1) is 19.8. The van der Waals surface area contributed by atoms with E-state index in [0.29, 0.717) is 0 Å². The van der Waals surface area contributed by atoms with Crippen LogP contribution in [0.3, 0.4) is 0 Å². The van der Waals surface area contributed by atoms with E-state index in [4.69, 9.17) is 0 Å². The van der Waals surface area contributed by atoms with Gasteiger partial charge in [0.15, 0.2) is 0 Å². The first-order valence-electron chi connectivity index (χ1n) is 12.2. The first-order valence-corrected chi connectivity index (χ1v) is 13.0. The molecule has 0 N–H and O–H groups in total. The fourth-order valence-corrected chi connectivity index (χ4v) is 6.87. The number of anilines is 3. The molecule has 0 amide bonds. The van der Waals surface area contributed by atoms with Crippen molar-refractivity contribution in [2.24, 2.45) is 0 Å². The highest BCUT2D eigenvalue weighted by atomic mass is 32.1. The maximum absolute atomic E-state index is 4.68. The predicted molar refractivity (Wildman–Crippen MR) is 154 cm³/mol. The van der Waals surface area contributed by atoms with Crippen LogP contribution in [-0.2, 0) is 0 Å². The molecule has 5 aromatic carbocycles. The molecule has 1 aliphatic heterocycles. The number of benzene rings is 5. The van der Waals surface area contributed by atoms with Crippen LogP contribution >= 0.6 is 11.3 Å². The average Bonchev–Trinajstić information content (AvgIpc) is 3.33. The van der Waals surface area contributed by atoms with Crippen molar-refractivity contribution in [2.75, 3.05) is 4.90 Å². The molecule has 0 atom stereocenters. The Balaban J connectivity index is 1.55. The number of fused-ring (bicyclic) bond motifs is 6. The van der Waals surface area contributed by atoms with Crippen LogP contribution in [0.5, 0.6) is 0 Å². The lowest BCUT2D eigenvalue weighted by atomic mass is 9.87. The lowest BCUT2D eigenvalue weighted by Crippen LogP contribution is -2.15. The molecule has 2 nitrogen and oxygen atoms in total. The third-order valence-electron chi connectivity index (χ3n) is 7.24. The molecule has 1 aliphatic rings. The zero-order valence-electron chi connectivity index (χ0n) is 19.3. The SMILES string of the molecule is c1ccc(N2c3cccc4c(-c5ccccn5)ccc(c34)-c3ccc4sc5ccccc5c4c32)cc1. The fraction of sp³-hybridized carbons (Fsp3) is 0. The number of rotatable bonds is 2. The van der Waals surface area contributed by atoms with Gasteiger partial charge in [-0.1, -0.05) is 72.8 Å². The van der Waals surface area contributed by atoms with E-state index in [0.717, 1.165) is 11.3 Å². The number of thiophene rings is 1. The molecule has 0 fully saturated rings. The van der Waals surface area contributed by atoms with Gasteiger partial charge in [-0.05, 0) is 53.4 Å². The van der Waals surface area contributed by atoms with Gasteiger partial charge in [0.05, 0.1) is 17.1 Å². The topological polar surface area (TPSA) is 16.1 Å². The second-order valence-electron chi connectivity index (χ2n) is 9.18. The number of pyridine rings is 1. The van der Waals surface area contributed by atoms with Crippen molar-refractivity contribution < 1.29 is 0 Å². The fourth-order valence-electron chi connectivity index (χ4n) is 5.76. The molecule has 168 valence electrons. The van der Waals surface area contributed by atoms with Crippen LogP contribution in [-0.4, -0.2) is 4.98 Å². The van der Waals surface area contributed by atoms with Crippen molar-refractivity contribution in [1.82, 2.24) is 4.98 Å². The standard InChI is InChI=1S/C33H20N2S/c1-2-9-21(10-3-1)35-28-14-8-12-23-22(27-13-6-7-20-34-27)16-17-24(31(23)28)25-18-19-30-32(33(25)35)26-11-4-5-15-29(26)36-30/h1-20H. The van der Waals surface area contributed by atoms with Crippen LogP contribution in [0.15, 0.2) is 121 Å². The summed E-state index contributed by atoms with van der Waals surface area (Å²) in [6, 6.07) is 41.5. The molecule has 0 unspecified atom stereocenters. The van der Waals surface area contributed by atoms with E-state index in [1.165, 1.54) is 59.1 Å². The van der Waals surface area contributed by atoms with Crippen LogP contribution in [0.4, 0.5) is 17.1 Å². The summed E-state index contributed by atoms with van der Waals surface area (Å²) in [6.07, 6.45) is 1.87. The Morgan fingerprint density at radius 2 is 1.31 bits per heavy atom. The van der Waals surface area contributed by atoms with Crippen LogP contribution < -0.4 is 4.90 Å². The van der Waals surface area contributed by atoms with Crippen molar-refractivity contribution >= 4 is 59.3 Å². The van der Waals surface area contributed by atoms with Crippen LogP contribution in [0.2, 0.25) is 0 Å². The molecule has 36 heavy (non-hydrogen) atoms. The van der Waals surface area contributed by atoms with Gasteiger partial charge in [0.1, 0.15) is 0 Å². The summed E-state index contributed by atoms with van der Waals surface area (Å²) in [5.41, 5.74) is 8.35. The lowest BCUT2D eigenvalue weighted by Gasteiger charge is -2.34. The molecule has 0 spiro atoms. The predicted octanol–water partition coefficient (Wildman–Crippen LogP) is 9.72. The van der Waals surface area contributed by atoms with E-state index in [9.17, 15) is 0 Å². The third-order valence-corrected chi connectivity index (χ3v) is 8.38. The monoisotopic (exact) mass is 476 g/mol. The van der Waals surface area contributed by atoms with Gasteiger partial charge in [-0.15, -0.1) is 11.3 Å². The van der Waals surface area contributed by atoms with E-state index in [2.05, 4.69) is 119 Å². The summed E-state index contributed by atoms with van der Waals surface area (Å²) >= 11 is 1.87. The minimum atomic E-state index is 0.998.